The van der Waals surface area contributed by atoms with Crippen molar-refractivity contribution in [2.45, 2.75) is 4.90 Å². The van der Waals surface area contributed by atoms with Crippen LogP contribution >= 0.6 is 12.2 Å². The Morgan fingerprint density at radius 2 is 1.83 bits per heavy atom. The van der Waals surface area contributed by atoms with Crippen molar-refractivity contribution in [2.75, 3.05) is 10.7 Å². The summed E-state index contributed by atoms with van der Waals surface area (Å²) in [6, 6.07) is 12.3. The number of hydrogen-bond donors (Lipinski definition) is 4. The number of nitro benzene ring substituents is 1. The van der Waals surface area contributed by atoms with Crippen LogP contribution in [0.15, 0.2) is 53.4 Å². The van der Waals surface area contributed by atoms with Gasteiger partial charge in [-0.3, -0.25) is 21.0 Å². The van der Waals surface area contributed by atoms with Crippen LogP contribution in [0.1, 0.15) is 0 Å². The number of nitrogens with two attached hydrogens (primary N) is 1. The molecule has 2 aromatic carbocycles. The number of hydrogen-bond acceptors (Lipinski definition) is 6. The molecule has 0 radical (unpaired) electrons. The van der Waals surface area contributed by atoms with Crippen molar-refractivity contribution in [3.05, 3.63) is 58.6 Å². The summed E-state index contributed by atoms with van der Waals surface area (Å²) in [7, 11) is -4.04. The Hall–Kier alpha value is -2.76. The van der Waals surface area contributed by atoms with Crippen molar-refractivity contribution < 1.29 is 13.3 Å². The number of benzene rings is 2. The van der Waals surface area contributed by atoms with Gasteiger partial charge in [0.25, 0.3) is 5.69 Å². The lowest BCUT2D eigenvalue weighted by Gasteiger charge is -2.13. The SMILES string of the molecule is NS(=O)(=O)c1ccc(NNC(=S)Nc2ccccc2)c([N+](=O)[O-])c1. The van der Waals surface area contributed by atoms with Gasteiger partial charge in [-0.1, -0.05) is 18.2 Å². The smallest absolute Gasteiger partial charge is 0.295 e. The van der Waals surface area contributed by atoms with Gasteiger partial charge in [0.15, 0.2) is 5.11 Å². The molecule has 24 heavy (non-hydrogen) atoms. The van der Waals surface area contributed by atoms with Gasteiger partial charge in [0.05, 0.1) is 9.82 Å². The average molecular weight is 367 g/mol. The molecule has 0 aliphatic carbocycles. The topological polar surface area (TPSA) is 139 Å². The third kappa shape index (κ3) is 4.62. The van der Waals surface area contributed by atoms with E-state index in [1.54, 1.807) is 12.1 Å². The van der Waals surface area contributed by atoms with Gasteiger partial charge >= 0.3 is 0 Å². The van der Waals surface area contributed by atoms with Gasteiger partial charge in [0.2, 0.25) is 10.0 Å². The van der Waals surface area contributed by atoms with Crippen molar-refractivity contribution >= 4 is 44.4 Å². The number of nitrogens with zero attached hydrogens (tertiary/aromatic N) is 1. The molecule has 0 bridgehead atoms. The lowest BCUT2D eigenvalue weighted by atomic mass is 10.3. The minimum atomic E-state index is -4.04. The zero-order valence-electron chi connectivity index (χ0n) is 12.1. The van der Waals surface area contributed by atoms with E-state index in [1.165, 1.54) is 6.07 Å². The Labute approximate surface area is 143 Å². The van der Waals surface area contributed by atoms with Gasteiger partial charge in [0.1, 0.15) is 5.69 Å². The van der Waals surface area contributed by atoms with Crippen molar-refractivity contribution in [3.8, 4) is 0 Å². The molecule has 0 aliphatic heterocycles. The van der Waals surface area contributed by atoms with Gasteiger partial charge in [-0.15, -0.1) is 0 Å². The Bertz CT molecular complexity index is 871. The van der Waals surface area contributed by atoms with E-state index in [0.29, 0.717) is 0 Å². The molecule has 0 heterocycles. The molecular weight excluding hydrogens is 354 g/mol. The van der Waals surface area contributed by atoms with E-state index < -0.39 is 20.6 Å². The predicted octanol–water partition coefficient (Wildman–Crippen LogP) is 1.56. The molecule has 2 rings (SSSR count). The molecular formula is C13H13N5O4S2. The summed E-state index contributed by atoms with van der Waals surface area (Å²) in [6.07, 6.45) is 0. The molecule has 0 saturated heterocycles. The normalized spacial score (nSPS) is 10.7. The van der Waals surface area contributed by atoms with Crippen LogP contribution in [0.3, 0.4) is 0 Å². The summed E-state index contributed by atoms with van der Waals surface area (Å²) in [5.74, 6) is 0. The molecule has 126 valence electrons. The van der Waals surface area contributed by atoms with Crippen LogP contribution in [-0.4, -0.2) is 18.5 Å². The summed E-state index contributed by atoms with van der Waals surface area (Å²) >= 11 is 5.06. The van der Waals surface area contributed by atoms with E-state index in [2.05, 4.69) is 16.2 Å². The molecule has 0 atom stereocenters. The minimum absolute atomic E-state index is 0.0320. The van der Waals surface area contributed by atoms with E-state index in [1.807, 2.05) is 18.2 Å². The highest BCUT2D eigenvalue weighted by Crippen LogP contribution is 2.26. The van der Waals surface area contributed by atoms with Crippen LogP contribution in [0.25, 0.3) is 0 Å². The largest absolute Gasteiger partial charge is 0.331 e. The van der Waals surface area contributed by atoms with Gasteiger partial charge in [-0.05, 0) is 36.5 Å². The highest BCUT2D eigenvalue weighted by atomic mass is 32.2. The number of para-hydroxylation sites is 1. The summed E-state index contributed by atoms with van der Waals surface area (Å²) in [6.45, 7) is 0. The van der Waals surface area contributed by atoms with Crippen LogP contribution in [0.5, 0.6) is 0 Å². The van der Waals surface area contributed by atoms with Gasteiger partial charge in [-0.25, -0.2) is 13.6 Å². The first-order valence-electron chi connectivity index (χ1n) is 6.46. The lowest BCUT2D eigenvalue weighted by molar-refractivity contribution is -0.384. The number of sulfonamides is 1. The highest BCUT2D eigenvalue weighted by molar-refractivity contribution is 7.89. The molecule has 0 spiro atoms. The maximum Gasteiger partial charge on any atom is 0.295 e. The minimum Gasteiger partial charge on any atom is -0.331 e. The molecule has 0 aliphatic rings. The van der Waals surface area contributed by atoms with E-state index in [0.717, 1.165) is 17.8 Å². The standard InChI is InChI=1S/C13H13N5O4S2/c14-24(21,22)10-6-7-11(12(8-10)18(19)20)16-17-13(23)15-9-4-2-1-3-5-9/h1-8,16H,(H2,14,21,22)(H2,15,17,23). The lowest BCUT2D eigenvalue weighted by Crippen LogP contribution is -2.33. The Balaban J connectivity index is 2.12. The zero-order chi connectivity index (χ0) is 17.7. The van der Waals surface area contributed by atoms with Gasteiger partial charge in [0, 0.05) is 11.8 Å². The Morgan fingerprint density at radius 3 is 2.42 bits per heavy atom. The van der Waals surface area contributed by atoms with Crippen molar-refractivity contribution in [3.63, 3.8) is 0 Å². The highest BCUT2D eigenvalue weighted by Gasteiger charge is 2.19. The Morgan fingerprint density at radius 1 is 1.17 bits per heavy atom. The molecule has 5 N–H and O–H groups in total. The van der Waals surface area contributed by atoms with E-state index in [4.69, 9.17) is 17.4 Å². The van der Waals surface area contributed by atoms with Crippen molar-refractivity contribution in [1.82, 2.24) is 5.43 Å². The first-order valence-corrected chi connectivity index (χ1v) is 8.42. The number of nitro groups is 1. The van der Waals surface area contributed by atoms with E-state index in [9.17, 15) is 18.5 Å². The molecule has 0 aromatic heterocycles. The quantitative estimate of drug-likeness (QED) is 0.355. The number of primary sulfonamides is 1. The first kappa shape index (κ1) is 17.6. The first-order chi connectivity index (χ1) is 11.3. The maximum absolute atomic E-state index is 11.3. The van der Waals surface area contributed by atoms with E-state index in [-0.39, 0.29) is 15.7 Å². The van der Waals surface area contributed by atoms with Crippen LogP contribution < -0.4 is 21.3 Å². The van der Waals surface area contributed by atoms with Gasteiger partial charge in [-0.2, -0.15) is 0 Å². The number of nitrogens with one attached hydrogen (secondary N) is 3. The summed E-state index contributed by atoms with van der Waals surface area (Å²) in [5, 5.41) is 19.1. The second-order valence-electron chi connectivity index (χ2n) is 4.55. The fourth-order valence-electron chi connectivity index (χ4n) is 1.75. The second kappa shape index (κ2) is 7.21. The third-order valence-corrected chi connectivity index (χ3v) is 3.95. The summed E-state index contributed by atoms with van der Waals surface area (Å²) in [5.41, 5.74) is 5.45. The summed E-state index contributed by atoms with van der Waals surface area (Å²) in [4.78, 5) is 10.0. The fourth-order valence-corrected chi connectivity index (χ4v) is 2.46. The zero-order valence-corrected chi connectivity index (χ0v) is 13.7. The van der Waals surface area contributed by atoms with Crippen molar-refractivity contribution in [1.29, 1.82) is 0 Å². The van der Waals surface area contributed by atoms with Crippen LogP contribution in [0.2, 0.25) is 0 Å². The fraction of sp³-hybridized carbons (Fsp3) is 0. The maximum atomic E-state index is 11.3. The molecule has 9 nitrogen and oxygen atoms in total. The average Bonchev–Trinajstić information content (AvgIpc) is 2.52. The predicted molar refractivity (Wildman–Crippen MR) is 93.9 cm³/mol. The molecule has 0 amide bonds. The molecule has 0 saturated carbocycles. The number of thiocarbonyl (C=S) groups is 1. The van der Waals surface area contributed by atoms with Crippen LogP contribution in [-0.2, 0) is 10.0 Å². The molecule has 11 heteroatoms. The van der Waals surface area contributed by atoms with Crippen LogP contribution in [0.4, 0.5) is 17.1 Å². The number of anilines is 2. The van der Waals surface area contributed by atoms with Crippen LogP contribution in [0, 0.1) is 10.1 Å². The Kier molecular flexibility index (Phi) is 5.28. The molecule has 0 unspecified atom stereocenters. The molecule has 0 fully saturated rings. The third-order valence-electron chi connectivity index (χ3n) is 2.84. The van der Waals surface area contributed by atoms with Crippen molar-refractivity contribution in [2.24, 2.45) is 5.14 Å². The molecule has 2 aromatic rings. The number of rotatable bonds is 5. The van der Waals surface area contributed by atoms with E-state index >= 15 is 0 Å². The second-order valence-corrected chi connectivity index (χ2v) is 6.52. The summed E-state index contributed by atoms with van der Waals surface area (Å²) < 4.78 is 22.6. The number of hydrazine groups is 1. The monoisotopic (exact) mass is 367 g/mol. The van der Waals surface area contributed by atoms with Gasteiger partial charge < -0.3 is 5.32 Å².